The third kappa shape index (κ3) is 5.84. The molecule has 0 heterocycles. The molecule has 4 nitrogen and oxygen atoms in total. The Hall–Kier alpha value is -0.580. The van der Waals surface area contributed by atoms with Crippen molar-refractivity contribution in [3.05, 3.63) is 0 Å². The molecule has 0 fully saturated rings. The van der Waals surface area contributed by atoms with Gasteiger partial charge in [0.1, 0.15) is 0 Å². The number of esters is 1. The molecular weight excluding hydrogens is 216 g/mol. The molecule has 0 amide bonds. The minimum Gasteiger partial charge on any atom is -0.481 e. The Labute approximate surface area is 72.7 Å². The van der Waals surface area contributed by atoms with Crippen LogP contribution in [0.5, 0.6) is 0 Å². The number of carbonyl (C=O) groups excluding carboxylic acids is 1. The number of carboxylic acids is 1. The standard InChI is InChI=1S/C6H9BrO4/c1-4(8)11-6(2,7)3-5(9)10/h3H2,1-2H3,(H,9,10). The lowest BCUT2D eigenvalue weighted by Crippen LogP contribution is -2.26. The van der Waals surface area contributed by atoms with Gasteiger partial charge in [-0.05, 0) is 22.9 Å². The van der Waals surface area contributed by atoms with Crippen molar-refractivity contribution < 1.29 is 19.4 Å². The van der Waals surface area contributed by atoms with Gasteiger partial charge in [0, 0.05) is 6.92 Å². The van der Waals surface area contributed by atoms with Crippen LogP contribution >= 0.6 is 15.9 Å². The Morgan fingerprint density at radius 3 is 2.36 bits per heavy atom. The number of ether oxygens (including phenoxy) is 1. The van der Waals surface area contributed by atoms with Crippen molar-refractivity contribution in [3.8, 4) is 0 Å². The van der Waals surface area contributed by atoms with E-state index in [0.717, 1.165) is 0 Å². The monoisotopic (exact) mass is 224 g/mol. The molecule has 1 atom stereocenters. The lowest BCUT2D eigenvalue weighted by Gasteiger charge is -2.19. The second-order valence-corrected chi connectivity index (χ2v) is 3.94. The van der Waals surface area contributed by atoms with Crippen LogP contribution < -0.4 is 0 Å². The zero-order valence-electron chi connectivity index (χ0n) is 6.26. The van der Waals surface area contributed by atoms with E-state index in [1.807, 2.05) is 0 Å². The molecule has 0 aliphatic carbocycles. The molecule has 0 saturated heterocycles. The van der Waals surface area contributed by atoms with Crippen molar-refractivity contribution in [2.24, 2.45) is 0 Å². The molecule has 0 spiro atoms. The van der Waals surface area contributed by atoms with Gasteiger partial charge < -0.3 is 9.84 Å². The summed E-state index contributed by atoms with van der Waals surface area (Å²) in [6.07, 6.45) is -0.257. The number of aliphatic carboxylic acids is 1. The van der Waals surface area contributed by atoms with Crippen molar-refractivity contribution in [2.75, 3.05) is 0 Å². The van der Waals surface area contributed by atoms with Crippen LogP contribution in [0.15, 0.2) is 0 Å². The highest BCUT2D eigenvalue weighted by Gasteiger charge is 2.26. The average Bonchev–Trinajstić information content (AvgIpc) is 1.53. The summed E-state index contributed by atoms with van der Waals surface area (Å²) in [5.41, 5.74) is 0. The summed E-state index contributed by atoms with van der Waals surface area (Å²) in [5, 5.41) is 8.34. The van der Waals surface area contributed by atoms with Crippen molar-refractivity contribution in [1.82, 2.24) is 0 Å². The van der Waals surface area contributed by atoms with Gasteiger partial charge in [0.05, 0.1) is 6.42 Å². The van der Waals surface area contributed by atoms with E-state index in [4.69, 9.17) is 5.11 Å². The van der Waals surface area contributed by atoms with E-state index >= 15 is 0 Å². The number of alkyl halides is 1. The SMILES string of the molecule is CC(=O)OC(C)(Br)CC(=O)O. The second-order valence-electron chi connectivity index (χ2n) is 2.27. The first-order valence-corrected chi connectivity index (χ1v) is 3.73. The molecule has 0 rings (SSSR count). The lowest BCUT2D eigenvalue weighted by molar-refractivity contribution is -0.151. The molecule has 0 aromatic heterocycles. The van der Waals surface area contributed by atoms with Crippen LogP contribution in [0.25, 0.3) is 0 Å². The van der Waals surface area contributed by atoms with Crippen molar-refractivity contribution in [1.29, 1.82) is 0 Å². The summed E-state index contributed by atoms with van der Waals surface area (Å²) < 4.78 is 3.55. The molecule has 5 heteroatoms. The first-order chi connectivity index (χ1) is 4.83. The van der Waals surface area contributed by atoms with Crippen LogP contribution in [0.4, 0.5) is 0 Å². The number of hydrogen-bond acceptors (Lipinski definition) is 3. The van der Waals surface area contributed by atoms with Gasteiger partial charge in [-0.25, -0.2) is 0 Å². The highest BCUT2D eigenvalue weighted by molar-refractivity contribution is 9.10. The zero-order valence-corrected chi connectivity index (χ0v) is 7.84. The average molecular weight is 225 g/mol. The minimum atomic E-state index is -1.09. The van der Waals surface area contributed by atoms with Gasteiger partial charge >= 0.3 is 11.9 Å². The largest absolute Gasteiger partial charge is 0.481 e. The van der Waals surface area contributed by atoms with Crippen molar-refractivity contribution in [3.63, 3.8) is 0 Å². The Balaban J connectivity index is 3.99. The van der Waals surface area contributed by atoms with Crippen LogP contribution in [0, 0.1) is 0 Å². The first-order valence-electron chi connectivity index (χ1n) is 2.94. The number of hydrogen-bond donors (Lipinski definition) is 1. The van der Waals surface area contributed by atoms with Crippen LogP contribution in [0.3, 0.4) is 0 Å². The Bertz CT molecular complexity index is 157. The van der Waals surface area contributed by atoms with Crippen LogP contribution in [0.1, 0.15) is 20.3 Å². The molecule has 0 aliphatic heterocycles. The van der Waals surface area contributed by atoms with Gasteiger partial charge in [-0.1, -0.05) is 0 Å². The molecule has 64 valence electrons. The molecule has 0 bridgehead atoms. The fourth-order valence-electron chi connectivity index (χ4n) is 0.606. The topological polar surface area (TPSA) is 63.6 Å². The smallest absolute Gasteiger partial charge is 0.308 e. The van der Waals surface area contributed by atoms with Crippen LogP contribution in [-0.4, -0.2) is 21.6 Å². The van der Waals surface area contributed by atoms with Gasteiger partial charge in [0.15, 0.2) is 4.51 Å². The molecule has 0 saturated carbocycles. The molecule has 0 radical (unpaired) electrons. The number of carbonyl (C=O) groups is 2. The molecular formula is C6H9BrO4. The summed E-state index contributed by atoms with van der Waals surface area (Å²) in [4.78, 5) is 20.6. The molecule has 11 heavy (non-hydrogen) atoms. The summed E-state index contributed by atoms with van der Waals surface area (Å²) in [6, 6.07) is 0. The number of rotatable bonds is 3. The fraction of sp³-hybridized carbons (Fsp3) is 0.667. The first kappa shape index (κ1) is 10.4. The maximum absolute atomic E-state index is 10.4. The van der Waals surface area contributed by atoms with E-state index in [2.05, 4.69) is 20.7 Å². The molecule has 0 aromatic rings. The van der Waals surface area contributed by atoms with E-state index in [9.17, 15) is 9.59 Å². The molecule has 0 aliphatic rings. The predicted molar refractivity (Wildman–Crippen MR) is 41.4 cm³/mol. The van der Waals surface area contributed by atoms with E-state index in [1.165, 1.54) is 13.8 Å². The number of carboxylic acid groups (broad SMARTS) is 1. The van der Waals surface area contributed by atoms with Gasteiger partial charge in [0.25, 0.3) is 0 Å². The van der Waals surface area contributed by atoms with Crippen molar-refractivity contribution >= 4 is 27.9 Å². The van der Waals surface area contributed by atoms with E-state index in [-0.39, 0.29) is 6.42 Å². The Morgan fingerprint density at radius 2 is 2.09 bits per heavy atom. The maximum atomic E-state index is 10.4. The summed E-state index contributed by atoms with van der Waals surface area (Å²) in [7, 11) is 0. The van der Waals surface area contributed by atoms with Gasteiger partial charge in [0.2, 0.25) is 0 Å². The Morgan fingerprint density at radius 1 is 1.64 bits per heavy atom. The van der Waals surface area contributed by atoms with Gasteiger partial charge in [-0.3, -0.25) is 9.59 Å². The third-order valence-corrected chi connectivity index (χ3v) is 1.27. The predicted octanol–water partition coefficient (Wildman–Crippen LogP) is 1.14. The minimum absolute atomic E-state index is 0.257. The van der Waals surface area contributed by atoms with Crippen LogP contribution in [-0.2, 0) is 14.3 Å². The Kier molecular flexibility index (Phi) is 3.51. The quantitative estimate of drug-likeness (QED) is 0.577. The fourth-order valence-corrected chi connectivity index (χ4v) is 1.07. The number of halogens is 1. The van der Waals surface area contributed by atoms with Crippen molar-refractivity contribution in [2.45, 2.75) is 24.8 Å². The summed E-state index contributed by atoms with van der Waals surface area (Å²) in [5.74, 6) is -1.53. The van der Waals surface area contributed by atoms with E-state index < -0.39 is 16.4 Å². The van der Waals surface area contributed by atoms with Gasteiger partial charge in [-0.15, -0.1) is 0 Å². The highest BCUT2D eigenvalue weighted by Crippen LogP contribution is 2.23. The zero-order chi connectivity index (χ0) is 9.07. The maximum Gasteiger partial charge on any atom is 0.308 e. The van der Waals surface area contributed by atoms with E-state index in [0.29, 0.717) is 0 Å². The third-order valence-electron chi connectivity index (χ3n) is 0.824. The molecule has 1 N–H and O–H groups in total. The van der Waals surface area contributed by atoms with E-state index in [1.54, 1.807) is 0 Å². The summed E-state index contributed by atoms with van der Waals surface area (Å²) >= 11 is 2.96. The highest BCUT2D eigenvalue weighted by atomic mass is 79.9. The van der Waals surface area contributed by atoms with Gasteiger partial charge in [-0.2, -0.15) is 0 Å². The summed E-state index contributed by atoms with van der Waals surface area (Å²) in [6.45, 7) is 2.70. The molecule has 1 unspecified atom stereocenters. The normalized spacial score (nSPS) is 15.2. The lowest BCUT2D eigenvalue weighted by atomic mass is 10.3. The molecule has 0 aromatic carbocycles. The second kappa shape index (κ2) is 3.71. The van der Waals surface area contributed by atoms with Crippen LogP contribution in [0.2, 0.25) is 0 Å².